The predicted molar refractivity (Wildman–Crippen MR) is 96.5 cm³/mol. The summed E-state index contributed by atoms with van der Waals surface area (Å²) in [5.74, 6) is 1.67. The number of hydrogen-bond donors (Lipinski definition) is 1. The number of rotatable bonds is 5. The normalized spacial score (nSPS) is 15.3. The summed E-state index contributed by atoms with van der Waals surface area (Å²) in [6.07, 6.45) is 5.79. The number of ether oxygens (including phenoxy) is 1. The molecule has 1 aliphatic carbocycles. The van der Waals surface area contributed by atoms with Gasteiger partial charge in [-0.15, -0.1) is 0 Å². The van der Waals surface area contributed by atoms with Gasteiger partial charge in [0.25, 0.3) is 5.91 Å². The fourth-order valence-electron chi connectivity index (χ4n) is 2.77. The average molecular weight is 425 g/mol. The molecule has 23 heavy (non-hydrogen) atoms. The molecule has 5 heteroatoms. The summed E-state index contributed by atoms with van der Waals surface area (Å²) in [4.78, 5) is 12.2. The number of carbonyl (C=O) groups excluding carboxylic acids is 1. The summed E-state index contributed by atoms with van der Waals surface area (Å²) >= 11 is 2.25. The van der Waals surface area contributed by atoms with Crippen LogP contribution in [0.15, 0.2) is 40.8 Å². The summed E-state index contributed by atoms with van der Waals surface area (Å²) in [5.41, 5.74) is 0. The molecule has 1 saturated carbocycles. The van der Waals surface area contributed by atoms with E-state index in [9.17, 15) is 4.79 Å². The number of furan rings is 1. The first kappa shape index (κ1) is 16.4. The van der Waals surface area contributed by atoms with E-state index in [0.29, 0.717) is 18.1 Å². The molecule has 3 rings (SSSR count). The van der Waals surface area contributed by atoms with Gasteiger partial charge in [0.15, 0.2) is 5.76 Å². The van der Waals surface area contributed by atoms with Crippen molar-refractivity contribution in [2.45, 2.75) is 44.8 Å². The lowest BCUT2D eigenvalue weighted by molar-refractivity contribution is 0.0895. The minimum atomic E-state index is -0.127. The van der Waals surface area contributed by atoms with E-state index in [2.05, 4.69) is 27.9 Å². The fraction of sp³-hybridized carbons (Fsp3) is 0.389. The summed E-state index contributed by atoms with van der Waals surface area (Å²) in [7, 11) is 0. The summed E-state index contributed by atoms with van der Waals surface area (Å²) in [6.45, 7) is 0.317. The maximum Gasteiger partial charge on any atom is 0.287 e. The quantitative estimate of drug-likeness (QED) is 0.717. The minimum absolute atomic E-state index is 0.127. The Morgan fingerprint density at radius 3 is 2.61 bits per heavy atom. The fourth-order valence-corrected chi connectivity index (χ4v) is 3.13. The molecule has 0 radical (unpaired) electrons. The number of benzene rings is 1. The maximum absolute atomic E-state index is 12.2. The average Bonchev–Trinajstić information content (AvgIpc) is 3.04. The molecule has 1 aliphatic rings. The van der Waals surface area contributed by atoms with Gasteiger partial charge in [-0.3, -0.25) is 4.79 Å². The Kier molecular flexibility index (Phi) is 5.59. The van der Waals surface area contributed by atoms with Crippen LogP contribution in [0, 0.1) is 3.57 Å². The topological polar surface area (TPSA) is 51.5 Å². The molecule has 2 aromatic rings. The van der Waals surface area contributed by atoms with E-state index < -0.39 is 0 Å². The Bertz CT molecular complexity index is 645. The highest BCUT2D eigenvalue weighted by molar-refractivity contribution is 14.1. The Labute approximate surface area is 149 Å². The van der Waals surface area contributed by atoms with Gasteiger partial charge in [-0.25, -0.2) is 0 Å². The molecule has 1 aromatic heterocycles. The largest absolute Gasteiger partial charge is 0.486 e. The smallest absolute Gasteiger partial charge is 0.287 e. The molecule has 1 fully saturated rings. The number of amides is 1. The van der Waals surface area contributed by atoms with Gasteiger partial charge in [0.1, 0.15) is 18.1 Å². The maximum atomic E-state index is 12.2. The molecule has 0 saturated heterocycles. The Hall–Kier alpha value is -1.50. The first-order valence-electron chi connectivity index (χ1n) is 7.98. The number of halogens is 1. The molecular formula is C18H20INO3. The van der Waals surface area contributed by atoms with E-state index >= 15 is 0 Å². The predicted octanol–water partition coefficient (Wildman–Crippen LogP) is 4.53. The van der Waals surface area contributed by atoms with Gasteiger partial charge in [-0.1, -0.05) is 19.3 Å². The van der Waals surface area contributed by atoms with Crippen molar-refractivity contribution in [2.75, 3.05) is 0 Å². The summed E-state index contributed by atoms with van der Waals surface area (Å²) < 4.78 is 12.4. The van der Waals surface area contributed by atoms with Gasteiger partial charge in [-0.2, -0.15) is 0 Å². The molecule has 0 atom stereocenters. The Balaban J connectivity index is 1.52. The van der Waals surface area contributed by atoms with Gasteiger partial charge in [0.05, 0.1) is 0 Å². The molecule has 0 spiro atoms. The van der Waals surface area contributed by atoms with Crippen molar-refractivity contribution in [3.63, 3.8) is 0 Å². The van der Waals surface area contributed by atoms with Gasteiger partial charge in [0.2, 0.25) is 0 Å². The van der Waals surface area contributed by atoms with Crippen molar-refractivity contribution in [3.8, 4) is 5.75 Å². The number of nitrogens with one attached hydrogen (secondary N) is 1. The minimum Gasteiger partial charge on any atom is -0.486 e. The second-order valence-electron chi connectivity index (χ2n) is 5.82. The molecule has 0 unspecified atom stereocenters. The zero-order valence-electron chi connectivity index (χ0n) is 12.9. The summed E-state index contributed by atoms with van der Waals surface area (Å²) in [6, 6.07) is 11.6. The van der Waals surface area contributed by atoms with Crippen LogP contribution in [0.25, 0.3) is 0 Å². The number of carbonyl (C=O) groups is 1. The molecule has 4 nitrogen and oxygen atoms in total. The molecule has 1 heterocycles. The van der Waals surface area contributed by atoms with Crippen LogP contribution in [0.3, 0.4) is 0 Å². The second kappa shape index (κ2) is 7.86. The molecule has 0 aliphatic heterocycles. The van der Waals surface area contributed by atoms with Crippen molar-refractivity contribution in [3.05, 3.63) is 51.5 Å². The van der Waals surface area contributed by atoms with Crippen LogP contribution < -0.4 is 10.1 Å². The lowest BCUT2D eigenvalue weighted by Crippen LogP contribution is -2.35. The van der Waals surface area contributed by atoms with Gasteiger partial charge < -0.3 is 14.5 Å². The first-order valence-corrected chi connectivity index (χ1v) is 9.06. The Morgan fingerprint density at radius 2 is 1.87 bits per heavy atom. The molecular weight excluding hydrogens is 405 g/mol. The van der Waals surface area contributed by atoms with Crippen molar-refractivity contribution in [1.29, 1.82) is 0 Å². The zero-order chi connectivity index (χ0) is 16.1. The monoisotopic (exact) mass is 425 g/mol. The van der Waals surface area contributed by atoms with E-state index in [1.54, 1.807) is 12.1 Å². The molecule has 0 bridgehead atoms. The second-order valence-corrected chi connectivity index (χ2v) is 7.06. The third-order valence-corrected chi connectivity index (χ3v) is 4.74. The van der Waals surface area contributed by atoms with Crippen LogP contribution in [-0.4, -0.2) is 11.9 Å². The first-order chi connectivity index (χ1) is 11.2. The third kappa shape index (κ3) is 4.73. The highest BCUT2D eigenvalue weighted by Crippen LogP contribution is 2.19. The third-order valence-electron chi connectivity index (χ3n) is 4.02. The molecule has 1 amide bonds. The molecule has 1 aromatic carbocycles. The summed E-state index contributed by atoms with van der Waals surface area (Å²) in [5, 5.41) is 3.05. The molecule has 122 valence electrons. The van der Waals surface area contributed by atoms with Gasteiger partial charge in [0, 0.05) is 9.61 Å². The van der Waals surface area contributed by atoms with Gasteiger partial charge in [-0.05, 0) is 71.8 Å². The van der Waals surface area contributed by atoms with Crippen LogP contribution in [0.5, 0.6) is 5.75 Å². The van der Waals surface area contributed by atoms with Crippen molar-refractivity contribution in [1.82, 2.24) is 5.32 Å². The SMILES string of the molecule is O=C(NC1CCCCC1)c1ccc(COc2ccc(I)cc2)o1. The van der Waals surface area contributed by atoms with E-state index in [1.165, 1.54) is 19.3 Å². The zero-order valence-corrected chi connectivity index (χ0v) is 15.0. The standard InChI is InChI=1S/C18H20INO3/c19-13-6-8-15(9-7-13)22-12-16-10-11-17(23-16)18(21)20-14-4-2-1-3-5-14/h6-11,14H,1-5,12H2,(H,20,21). The van der Waals surface area contributed by atoms with Gasteiger partial charge >= 0.3 is 0 Å². The lowest BCUT2D eigenvalue weighted by atomic mass is 9.95. The van der Waals surface area contributed by atoms with Crippen LogP contribution in [0.1, 0.15) is 48.4 Å². The van der Waals surface area contributed by atoms with Crippen molar-refractivity contribution < 1.29 is 13.9 Å². The van der Waals surface area contributed by atoms with Crippen LogP contribution in [0.2, 0.25) is 0 Å². The van der Waals surface area contributed by atoms with Crippen LogP contribution in [0.4, 0.5) is 0 Å². The number of hydrogen-bond acceptors (Lipinski definition) is 3. The van der Waals surface area contributed by atoms with E-state index in [4.69, 9.17) is 9.15 Å². The van der Waals surface area contributed by atoms with Crippen molar-refractivity contribution >= 4 is 28.5 Å². The van der Waals surface area contributed by atoms with E-state index in [0.717, 1.165) is 22.2 Å². The Morgan fingerprint density at radius 1 is 1.13 bits per heavy atom. The highest BCUT2D eigenvalue weighted by atomic mass is 127. The van der Waals surface area contributed by atoms with Crippen molar-refractivity contribution in [2.24, 2.45) is 0 Å². The highest BCUT2D eigenvalue weighted by Gasteiger charge is 2.18. The van der Waals surface area contributed by atoms with Crippen LogP contribution >= 0.6 is 22.6 Å². The van der Waals surface area contributed by atoms with E-state index in [1.807, 2.05) is 24.3 Å². The molecule has 1 N–H and O–H groups in total. The van der Waals surface area contributed by atoms with Crippen LogP contribution in [-0.2, 0) is 6.61 Å². The van der Waals surface area contributed by atoms with E-state index in [-0.39, 0.29) is 11.9 Å². The lowest BCUT2D eigenvalue weighted by Gasteiger charge is -2.22.